The van der Waals surface area contributed by atoms with Crippen molar-refractivity contribution in [1.82, 2.24) is 0 Å². The quantitative estimate of drug-likeness (QED) is 0.341. The summed E-state index contributed by atoms with van der Waals surface area (Å²) in [4.78, 5) is 20.2. The van der Waals surface area contributed by atoms with Gasteiger partial charge in [0.25, 0.3) is 0 Å². The van der Waals surface area contributed by atoms with Gasteiger partial charge in [-0.25, -0.2) is 0 Å². The van der Waals surface area contributed by atoms with E-state index in [0.29, 0.717) is 0 Å². The number of hydrogen-bond donors (Lipinski definition) is 2. The minimum Gasteiger partial charge on any atom is -1.00 e. The van der Waals surface area contributed by atoms with Gasteiger partial charge in [0.05, 0.1) is 0 Å². The maximum absolute atomic E-state index is 10.1. The van der Waals surface area contributed by atoms with Crippen molar-refractivity contribution in [2.45, 2.75) is 13.8 Å². The maximum atomic E-state index is 10.1. The second kappa shape index (κ2) is 7.03. The molecule has 0 fully saturated rings. The Morgan fingerprint density at radius 3 is 1.36 bits per heavy atom. The van der Waals surface area contributed by atoms with Crippen molar-refractivity contribution in [2.24, 2.45) is 5.41 Å². The van der Waals surface area contributed by atoms with E-state index in [1.165, 1.54) is 0 Å². The third-order valence-corrected chi connectivity index (χ3v) is 1.07. The molecule has 0 heterocycles. The standard InChI is InChI=1S/C5H8O4.K.Na.2H/c1-5(2,3(6)7)4(8)9;;;;/h1-2H3,(H,6,7)(H,8,9);;;;/q;2*+1;2*-1. The van der Waals surface area contributed by atoms with Crippen LogP contribution in [0.15, 0.2) is 0 Å². The second-order valence-corrected chi connectivity index (χ2v) is 2.24. The minimum absolute atomic E-state index is 0. The van der Waals surface area contributed by atoms with Gasteiger partial charge in [0, 0.05) is 0 Å². The molecule has 0 aliphatic carbocycles. The van der Waals surface area contributed by atoms with Gasteiger partial charge in [-0.3, -0.25) is 9.59 Å². The first-order chi connectivity index (χ1) is 3.89. The average Bonchev–Trinajstić information content (AvgIpc) is 1.65. The van der Waals surface area contributed by atoms with E-state index in [0.717, 1.165) is 13.8 Å². The van der Waals surface area contributed by atoms with Crippen LogP contribution in [0.25, 0.3) is 0 Å². The molecule has 4 nitrogen and oxygen atoms in total. The van der Waals surface area contributed by atoms with Crippen molar-refractivity contribution in [1.29, 1.82) is 0 Å². The average molecular weight is 196 g/mol. The molecule has 0 bridgehead atoms. The predicted molar refractivity (Wildman–Crippen MR) is 31.3 cm³/mol. The van der Waals surface area contributed by atoms with Gasteiger partial charge in [0.15, 0.2) is 5.41 Å². The molecule has 0 radical (unpaired) electrons. The van der Waals surface area contributed by atoms with Gasteiger partial charge >= 0.3 is 92.9 Å². The van der Waals surface area contributed by atoms with Gasteiger partial charge in [-0.2, -0.15) is 0 Å². The van der Waals surface area contributed by atoms with Crippen LogP contribution in [0.2, 0.25) is 0 Å². The summed E-state index contributed by atoms with van der Waals surface area (Å²) in [5, 5.41) is 16.5. The monoisotopic (exact) mass is 196 g/mol. The summed E-state index contributed by atoms with van der Waals surface area (Å²) >= 11 is 0. The smallest absolute Gasteiger partial charge is 1.00 e. The van der Waals surface area contributed by atoms with Crippen LogP contribution < -0.4 is 80.9 Å². The molecule has 0 rings (SSSR count). The number of carbonyl (C=O) groups is 2. The van der Waals surface area contributed by atoms with E-state index in [2.05, 4.69) is 0 Å². The third-order valence-electron chi connectivity index (χ3n) is 1.07. The second-order valence-electron chi connectivity index (χ2n) is 2.24. The van der Waals surface area contributed by atoms with Crippen LogP contribution in [0.1, 0.15) is 16.7 Å². The molecule has 0 aliphatic rings. The van der Waals surface area contributed by atoms with Crippen LogP contribution >= 0.6 is 0 Å². The van der Waals surface area contributed by atoms with Crippen LogP contribution in [0.4, 0.5) is 0 Å². The Kier molecular flexibility index (Phi) is 11.7. The predicted octanol–water partition coefficient (Wildman–Crippen LogP) is -5.59. The van der Waals surface area contributed by atoms with Crippen molar-refractivity contribution < 1.29 is 104 Å². The molecule has 0 aromatic carbocycles. The van der Waals surface area contributed by atoms with Crippen LogP contribution in [0.3, 0.4) is 0 Å². The van der Waals surface area contributed by atoms with Crippen molar-refractivity contribution in [3.05, 3.63) is 0 Å². The Balaban J connectivity index is -0.0000000533. The molecule has 0 amide bonds. The zero-order valence-corrected chi connectivity index (χ0v) is 12.3. The fourth-order valence-electron chi connectivity index (χ4n) is 0.0915. The number of carboxylic acid groups (broad SMARTS) is 2. The first kappa shape index (κ1) is 18.4. The Morgan fingerprint density at radius 1 is 1.18 bits per heavy atom. The van der Waals surface area contributed by atoms with E-state index in [-0.39, 0.29) is 83.8 Å². The largest absolute Gasteiger partial charge is 1.00 e. The Labute approximate surface area is 132 Å². The van der Waals surface area contributed by atoms with E-state index in [4.69, 9.17) is 10.2 Å². The molecule has 0 aliphatic heterocycles. The number of aliphatic carboxylic acids is 2. The molecular formula is C5H10KNaO4. The summed E-state index contributed by atoms with van der Waals surface area (Å²) in [6.07, 6.45) is 0. The SMILES string of the molecule is CC(C)(C(=O)O)C(=O)O.[H-].[H-].[K+].[Na+]. The number of rotatable bonds is 2. The molecular weight excluding hydrogens is 186 g/mol. The summed E-state index contributed by atoms with van der Waals surface area (Å²) < 4.78 is 0. The molecule has 56 valence electrons. The van der Waals surface area contributed by atoms with Crippen LogP contribution in [-0.4, -0.2) is 22.2 Å². The van der Waals surface area contributed by atoms with Crippen LogP contribution in [0.5, 0.6) is 0 Å². The van der Waals surface area contributed by atoms with Crippen molar-refractivity contribution >= 4 is 11.9 Å². The van der Waals surface area contributed by atoms with Crippen LogP contribution in [0, 0.1) is 5.41 Å². The number of carboxylic acids is 2. The Morgan fingerprint density at radius 2 is 1.36 bits per heavy atom. The first-order valence-corrected chi connectivity index (χ1v) is 2.36. The molecule has 6 heteroatoms. The summed E-state index contributed by atoms with van der Waals surface area (Å²) in [5.74, 6) is -2.65. The van der Waals surface area contributed by atoms with E-state index in [1.807, 2.05) is 0 Å². The normalized spacial score (nSPS) is 8.91. The Bertz CT molecular complexity index is 149. The zero-order valence-electron chi connectivity index (χ0n) is 9.21. The Hall–Kier alpha value is 1.58. The summed E-state index contributed by atoms with van der Waals surface area (Å²) in [5.41, 5.74) is -1.67. The molecule has 0 atom stereocenters. The van der Waals surface area contributed by atoms with E-state index >= 15 is 0 Å². The van der Waals surface area contributed by atoms with Gasteiger partial charge in [0.2, 0.25) is 0 Å². The van der Waals surface area contributed by atoms with Gasteiger partial charge in [0.1, 0.15) is 0 Å². The fourth-order valence-corrected chi connectivity index (χ4v) is 0.0915. The van der Waals surface area contributed by atoms with E-state index < -0.39 is 17.4 Å². The molecule has 0 aromatic rings. The molecule has 0 spiro atoms. The maximum Gasteiger partial charge on any atom is 1.00 e. The van der Waals surface area contributed by atoms with E-state index in [1.54, 1.807) is 0 Å². The van der Waals surface area contributed by atoms with Crippen molar-refractivity contribution in [3.8, 4) is 0 Å². The van der Waals surface area contributed by atoms with Gasteiger partial charge in [-0.15, -0.1) is 0 Å². The topological polar surface area (TPSA) is 74.6 Å². The summed E-state index contributed by atoms with van der Waals surface area (Å²) in [6.45, 7) is 2.27. The summed E-state index contributed by atoms with van der Waals surface area (Å²) in [6, 6.07) is 0. The molecule has 0 saturated heterocycles. The first-order valence-electron chi connectivity index (χ1n) is 2.36. The molecule has 0 unspecified atom stereocenters. The zero-order chi connectivity index (χ0) is 7.65. The van der Waals surface area contributed by atoms with E-state index in [9.17, 15) is 9.59 Å². The van der Waals surface area contributed by atoms with Crippen molar-refractivity contribution in [3.63, 3.8) is 0 Å². The van der Waals surface area contributed by atoms with Crippen LogP contribution in [-0.2, 0) is 9.59 Å². The summed E-state index contributed by atoms with van der Waals surface area (Å²) in [7, 11) is 0. The fraction of sp³-hybridized carbons (Fsp3) is 0.600. The molecule has 11 heavy (non-hydrogen) atoms. The third kappa shape index (κ3) is 5.76. The molecule has 0 aromatic heterocycles. The minimum atomic E-state index is -1.67. The molecule has 2 N–H and O–H groups in total. The van der Waals surface area contributed by atoms with Gasteiger partial charge in [-0.1, -0.05) is 0 Å². The van der Waals surface area contributed by atoms with Gasteiger partial charge < -0.3 is 13.1 Å². The molecule has 0 saturated carbocycles. The van der Waals surface area contributed by atoms with Crippen molar-refractivity contribution in [2.75, 3.05) is 0 Å². The van der Waals surface area contributed by atoms with Gasteiger partial charge in [-0.05, 0) is 13.8 Å². The number of hydrogen-bond acceptors (Lipinski definition) is 2.